The molecule has 0 aliphatic heterocycles. The molecule has 0 aliphatic rings. The summed E-state index contributed by atoms with van der Waals surface area (Å²) in [5, 5.41) is 31.2. The predicted molar refractivity (Wildman–Crippen MR) is 64.4 cm³/mol. The first-order chi connectivity index (χ1) is 7.93. The molecule has 0 spiro atoms. The maximum absolute atomic E-state index is 11.8. The molecule has 0 fully saturated rings. The molecule has 0 saturated carbocycles. The molecule has 8 heteroatoms. The number of aryl methyl sites for hydroxylation is 1. The first-order valence-electron chi connectivity index (χ1n) is 5.07. The van der Waals surface area contributed by atoms with Crippen molar-refractivity contribution in [1.82, 2.24) is 9.78 Å². The van der Waals surface area contributed by atoms with Gasteiger partial charge in [0.1, 0.15) is 11.3 Å². The second kappa shape index (κ2) is 4.61. The molecule has 1 aromatic rings. The normalized spacial score (nSPS) is 12.7. The third-order valence-corrected chi connectivity index (χ3v) is 2.65. The molecule has 7 nitrogen and oxygen atoms in total. The van der Waals surface area contributed by atoms with Crippen LogP contribution in [0.3, 0.4) is 0 Å². The van der Waals surface area contributed by atoms with E-state index in [0.29, 0.717) is 0 Å². The Labute approximate surface area is 112 Å². The van der Waals surface area contributed by atoms with Crippen LogP contribution >= 0.6 is 15.9 Å². The Morgan fingerprint density at radius 1 is 1.33 bits per heavy atom. The lowest BCUT2D eigenvalue weighted by atomic mass is 10.2. The lowest BCUT2D eigenvalue weighted by Crippen LogP contribution is -2.27. The second-order valence-electron chi connectivity index (χ2n) is 4.77. The monoisotopic (exact) mass is 322 g/mol. The first-order valence-corrected chi connectivity index (χ1v) is 5.86. The number of ether oxygens (including phenoxy) is 1. The van der Waals surface area contributed by atoms with Gasteiger partial charge in [-0.1, -0.05) is 0 Å². The highest BCUT2D eigenvalue weighted by Crippen LogP contribution is 2.28. The van der Waals surface area contributed by atoms with Gasteiger partial charge < -0.3 is 20.1 Å². The van der Waals surface area contributed by atoms with Crippen molar-refractivity contribution in [3.63, 3.8) is 0 Å². The van der Waals surface area contributed by atoms with E-state index in [9.17, 15) is 4.79 Å². The Hall–Kier alpha value is -0.960. The third kappa shape index (κ3) is 3.29. The zero-order valence-corrected chi connectivity index (χ0v) is 12.0. The lowest BCUT2D eigenvalue weighted by Gasteiger charge is -2.18. The van der Waals surface area contributed by atoms with Crippen molar-refractivity contribution in [3.8, 4) is 0 Å². The van der Waals surface area contributed by atoms with Crippen LogP contribution in [0, 0.1) is 0 Å². The Morgan fingerprint density at radius 3 is 2.17 bits per heavy atom. The van der Waals surface area contributed by atoms with Crippen LogP contribution in [0.1, 0.15) is 37.0 Å². The van der Waals surface area contributed by atoms with E-state index >= 15 is 0 Å². The van der Waals surface area contributed by atoms with Crippen LogP contribution < -0.4 is 0 Å². The number of nitrogens with zero attached hydrogens (tertiary/aromatic N) is 2. The van der Waals surface area contributed by atoms with Crippen molar-refractivity contribution in [3.05, 3.63) is 15.9 Å². The van der Waals surface area contributed by atoms with E-state index in [2.05, 4.69) is 21.0 Å². The lowest BCUT2D eigenvalue weighted by molar-refractivity contribution is -0.328. The molecule has 0 amide bonds. The summed E-state index contributed by atoms with van der Waals surface area (Å²) in [4.78, 5) is 11.8. The van der Waals surface area contributed by atoms with Gasteiger partial charge in [-0.15, -0.1) is 0 Å². The van der Waals surface area contributed by atoms with Crippen LogP contribution in [0.25, 0.3) is 0 Å². The molecule has 0 aromatic carbocycles. The smallest absolute Gasteiger partial charge is 0.360 e. The number of esters is 1. The molecule has 0 bridgehead atoms. The van der Waals surface area contributed by atoms with E-state index in [4.69, 9.17) is 20.1 Å². The molecular formula is C10H15BrN2O5. The maximum atomic E-state index is 11.8. The Morgan fingerprint density at radius 2 is 1.83 bits per heavy atom. The number of aliphatic hydroxyl groups is 3. The number of carbonyl (C=O) groups excluding carboxylic acids is 1. The third-order valence-electron chi connectivity index (χ3n) is 1.90. The summed E-state index contributed by atoms with van der Waals surface area (Å²) in [7, 11) is 1.35. The summed E-state index contributed by atoms with van der Waals surface area (Å²) in [6, 6.07) is 0. The molecule has 0 unspecified atom stereocenters. The van der Waals surface area contributed by atoms with E-state index in [-0.39, 0.29) is 15.9 Å². The molecule has 0 saturated heterocycles. The number of halogens is 1. The van der Waals surface area contributed by atoms with Crippen LogP contribution in [0.15, 0.2) is 4.47 Å². The van der Waals surface area contributed by atoms with Gasteiger partial charge >= 0.3 is 11.9 Å². The summed E-state index contributed by atoms with van der Waals surface area (Å²) < 4.78 is 6.04. The standard InChI is InChI=1S/C10H15BrN2O5/c1-9(2,3)18-8(14)6-5(11)7(10(15,16)17)13(4)12-6/h15-17H,1-4H3. The summed E-state index contributed by atoms with van der Waals surface area (Å²) in [5.41, 5.74) is -1.21. The summed E-state index contributed by atoms with van der Waals surface area (Å²) in [5.74, 6) is -3.83. The van der Waals surface area contributed by atoms with Crippen LogP contribution in [0.5, 0.6) is 0 Å². The molecule has 0 atom stereocenters. The van der Waals surface area contributed by atoms with E-state index in [0.717, 1.165) is 4.68 Å². The van der Waals surface area contributed by atoms with Gasteiger partial charge in [-0.05, 0) is 36.7 Å². The van der Waals surface area contributed by atoms with Gasteiger partial charge in [0.25, 0.3) is 0 Å². The quantitative estimate of drug-likeness (QED) is 0.531. The van der Waals surface area contributed by atoms with Gasteiger partial charge in [0.15, 0.2) is 5.69 Å². The first kappa shape index (κ1) is 15.1. The molecule has 0 aliphatic carbocycles. The number of aromatic nitrogens is 2. The minimum atomic E-state index is -3.10. The van der Waals surface area contributed by atoms with E-state index in [1.165, 1.54) is 7.05 Å². The summed E-state index contributed by atoms with van der Waals surface area (Å²) in [6.07, 6.45) is 0. The summed E-state index contributed by atoms with van der Waals surface area (Å²) in [6.45, 7) is 5.07. The summed E-state index contributed by atoms with van der Waals surface area (Å²) >= 11 is 2.98. The molecule has 0 radical (unpaired) electrons. The van der Waals surface area contributed by atoms with Crippen molar-refractivity contribution < 1.29 is 24.9 Å². The van der Waals surface area contributed by atoms with Gasteiger partial charge in [0, 0.05) is 7.05 Å². The van der Waals surface area contributed by atoms with Crippen LogP contribution in [-0.4, -0.2) is 36.7 Å². The minimum Gasteiger partial charge on any atom is -0.455 e. The largest absolute Gasteiger partial charge is 0.455 e. The van der Waals surface area contributed by atoms with Gasteiger partial charge in [-0.2, -0.15) is 5.10 Å². The van der Waals surface area contributed by atoms with E-state index in [1.807, 2.05) is 0 Å². The Balaban J connectivity index is 3.18. The minimum absolute atomic E-state index is 0.0354. The molecule has 1 aromatic heterocycles. The van der Waals surface area contributed by atoms with Crippen molar-refractivity contribution in [2.24, 2.45) is 7.05 Å². The van der Waals surface area contributed by atoms with Crippen molar-refractivity contribution in [1.29, 1.82) is 0 Å². The fourth-order valence-corrected chi connectivity index (χ4v) is 2.08. The van der Waals surface area contributed by atoms with E-state index < -0.39 is 17.5 Å². The zero-order valence-electron chi connectivity index (χ0n) is 10.4. The average Bonchev–Trinajstić information content (AvgIpc) is 2.37. The van der Waals surface area contributed by atoms with Crippen LogP contribution in [0.4, 0.5) is 0 Å². The number of hydrogen-bond donors (Lipinski definition) is 3. The number of rotatable bonds is 2. The van der Waals surface area contributed by atoms with Gasteiger partial charge in [-0.25, -0.2) is 4.79 Å². The molecular weight excluding hydrogens is 308 g/mol. The molecule has 1 rings (SSSR count). The highest BCUT2D eigenvalue weighted by atomic mass is 79.9. The second-order valence-corrected chi connectivity index (χ2v) is 5.57. The SMILES string of the molecule is Cn1nc(C(=O)OC(C)(C)C)c(Br)c1C(O)(O)O. The van der Waals surface area contributed by atoms with Crippen molar-refractivity contribution in [2.45, 2.75) is 32.3 Å². The Bertz CT molecular complexity index is 470. The highest BCUT2D eigenvalue weighted by Gasteiger charge is 2.34. The predicted octanol–water partition coefficient (Wildman–Crippen LogP) is 0.225. The molecule has 18 heavy (non-hydrogen) atoms. The van der Waals surface area contributed by atoms with Gasteiger partial charge in [0.05, 0.1) is 4.47 Å². The Kier molecular flexibility index (Phi) is 3.87. The fraction of sp³-hybridized carbons (Fsp3) is 0.600. The number of carbonyl (C=O) groups is 1. The van der Waals surface area contributed by atoms with Crippen molar-refractivity contribution >= 4 is 21.9 Å². The topological polar surface area (TPSA) is 105 Å². The molecule has 1 heterocycles. The zero-order chi connectivity index (χ0) is 14.3. The van der Waals surface area contributed by atoms with Crippen LogP contribution in [0.2, 0.25) is 0 Å². The molecule has 102 valence electrons. The fourth-order valence-electron chi connectivity index (χ4n) is 1.32. The van der Waals surface area contributed by atoms with Gasteiger partial charge in [-0.3, -0.25) is 4.68 Å². The number of hydrogen-bond acceptors (Lipinski definition) is 6. The average molecular weight is 323 g/mol. The highest BCUT2D eigenvalue weighted by molar-refractivity contribution is 9.10. The van der Waals surface area contributed by atoms with E-state index in [1.54, 1.807) is 20.8 Å². The van der Waals surface area contributed by atoms with Gasteiger partial charge in [0.2, 0.25) is 0 Å². The van der Waals surface area contributed by atoms with Crippen molar-refractivity contribution in [2.75, 3.05) is 0 Å². The van der Waals surface area contributed by atoms with Crippen LogP contribution in [-0.2, 0) is 17.8 Å². The molecule has 3 N–H and O–H groups in total. The maximum Gasteiger partial charge on any atom is 0.360 e.